The fourth-order valence-electron chi connectivity index (χ4n) is 10.6. The molecule has 87 heavy (non-hydrogen) atoms. The van der Waals surface area contributed by atoms with Gasteiger partial charge >= 0.3 is 5.97 Å². The van der Waals surface area contributed by atoms with E-state index in [0.29, 0.717) is 61.0 Å². The minimum Gasteiger partial charge on any atom is -0.493 e. The lowest BCUT2D eigenvalue weighted by Crippen LogP contribution is -2.52. The number of allylic oxidation sites excluding steroid dienone is 3. The minimum absolute atomic E-state index is 0.121. The molecule has 0 aliphatic carbocycles. The van der Waals surface area contributed by atoms with E-state index in [4.69, 9.17) is 16.3 Å². The van der Waals surface area contributed by atoms with E-state index in [2.05, 4.69) is 72.2 Å². The van der Waals surface area contributed by atoms with Gasteiger partial charge in [-0.2, -0.15) is 11.8 Å². The number of halogens is 2. The second-order valence-electron chi connectivity index (χ2n) is 20.9. The first-order chi connectivity index (χ1) is 41.9. The Hall–Kier alpha value is -5.43. The smallest absolute Gasteiger partial charge is 0.352 e. The number of nitrogens with one attached hydrogen (secondary N) is 1. The number of carboxylic acids is 1. The zero-order valence-corrected chi connectivity index (χ0v) is 59.7. The summed E-state index contributed by atoms with van der Waals surface area (Å²) in [7, 11) is 0. The number of aromatic nitrogens is 1. The lowest BCUT2D eigenvalue weighted by Gasteiger charge is -2.29. The van der Waals surface area contributed by atoms with Crippen LogP contribution in [0.15, 0.2) is 84.5 Å². The maximum atomic E-state index is 13.7. The summed E-state index contributed by atoms with van der Waals surface area (Å²) in [6.45, 7) is 49.1. The van der Waals surface area contributed by atoms with Crippen LogP contribution < -0.4 is 10.1 Å². The van der Waals surface area contributed by atoms with Gasteiger partial charge in [-0.25, -0.2) is 9.18 Å². The quantitative estimate of drug-likeness (QED) is 0.0399. The van der Waals surface area contributed by atoms with Crippen molar-refractivity contribution in [2.45, 2.75) is 234 Å². The van der Waals surface area contributed by atoms with E-state index in [1.165, 1.54) is 76.7 Å². The van der Waals surface area contributed by atoms with E-state index in [0.717, 1.165) is 79.4 Å². The SMILES string of the molecule is C=C(C)/C(=C(/C)CC)c1c(Cl)ccc2c(CCCOc3cccc4cc(F)ccc34)c(C(=O)O)n(CCC)c12.CC.CC.CC.CC.CCC.CCCC(CCC)CN(CCC)CCC.CSC.Cc1ccc2c(c1)CN(C1CCC(=O)NC1=O)C2=O. The molecule has 4 aromatic carbocycles. The number of aromatic carboxylic acids is 1. The summed E-state index contributed by atoms with van der Waals surface area (Å²) >= 11 is 8.58. The molecule has 0 saturated carbocycles. The number of aryl methyl sites for hydroxylation is 3. The largest absolute Gasteiger partial charge is 0.493 e. The maximum Gasteiger partial charge on any atom is 0.352 e. The molecule has 1 atom stereocenters. The highest BCUT2D eigenvalue weighted by Gasteiger charge is 2.39. The van der Waals surface area contributed by atoms with E-state index in [9.17, 15) is 28.7 Å². The van der Waals surface area contributed by atoms with E-state index in [-0.39, 0.29) is 30.0 Å². The van der Waals surface area contributed by atoms with Gasteiger partial charge < -0.3 is 24.2 Å². The highest BCUT2D eigenvalue weighted by Crippen LogP contribution is 2.41. The van der Waals surface area contributed by atoms with Crippen LogP contribution >= 0.6 is 23.4 Å². The predicted molar refractivity (Wildman–Crippen MR) is 378 cm³/mol. The number of hydrogen-bond donors (Lipinski definition) is 2. The summed E-state index contributed by atoms with van der Waals surface area (Å²) in [5.74, 6) is -0.373. The molecule has 0 spiro atoms. The number of carbonyl (C=O) groups excluding carboxylic acids is 3. The van der Waals surface area contributed by atoms with Gasteiger partial charge in [0.2, 0.25) is 11.8 Å². The van der Waals surface area contributed by atoms with Gasteiger partial charge in [0.1, 0.15) is 23.3 Å². The lowest BCUT2D eigenvalue weighted by molar-refractivity contribution is -0.136. The first-order valence-corrected chi connectivity index (χ1v) is 35.0. The molecule has 0 radical (unpaired) electrons. The summed E-state index contributed by atoms with van der Waals surface area (Å²) in [5.41, 5.74) is 8.53. The van der Waals surface area contributed by atoms with E-state index >= 15 is 0 Å². The van der Waals surface area contributed by atoms with Crippen LogP contribution in [0, 0.1) is 18.7 Å². The molecule has 3 heterocycles. The van der Waals surface area contributed by atoms with Gasteiger partial charge in [-0.1, -0.05) is 195 Å². The molecule has 1 unspecified atom stereocenters. The van der Waals surface area contributed by atoms with Crippen molar-refractivity contribution in [1.82, 2.24) is 19.7 Å². The summed E-state index contributed by atoms with van der Waals surface area (Å²) in [4.78, 5) is 52.2. The third-order valence-electron chi connectivity index (χ3n) is 13.9. The number of fused-ring (bicyclic) bond motifs is 3. The standard InChI is InChI=1S/C33H35ClFNO3.C14H14N2O3.C14H31N.C3H8.C2H6S.4C2H6/c1-6-17-36-31-26(15-16-27(34)30(31)29(20(3)4)21(5)7-2)25(32(36)33(37)38)11-9-18-39-28-12-8-10-22-19-23(35)13-14-24(22)28;1-8-2-3-10-9(6-8)7-16(14(10)19)11-4-5-12(17)15-13(11)18;1-5-9-14(10-6-2)13-15(11-7-3)12-8-4;2*1-3-2;4*1-2/h8,10,12-16,19H,3,6-7,9,11,17-18H2,1-2,4-5H3,(H,37,38);2-3,6,11H,4-5,7H2,1H3,(H,15,17,18);14H,5-13H2,1-4H3;3H2,1-2H3;1-2H3;4*1-2H3/b29-21+;;;;;;;;. The van der Waals surface area contributed by atoms with Crippen molar-refractivity contribution < 1.29 is 33.4 Å². The van der Waals surface area contributed by atoms with Gasteiger partial charge in [0, 0.05) is 48.0 Å². The zero-order valence-electron chi connectivity index (χ0n) is 58.1. The topological polar surface area (TPSA) is 121 Å². The molecule has 1 aromatic heterocycles. The lowest BCUT2D eigenvalue weighted by atomic mass is 9.91. The third-order valence-corrected chi connectivity index (χ3v) is 14.2. The summed E-state index contributed by atoms with van der Waals surface area (Å²) in [6, 6.07) is 19.1. The molecule has 0 bridgehead atoms. The van der Waals surface area contributed by atoms with Gasteiger partial charge in [0.25, 0.3) is 5.91 Å². The molecule has 1 saturated heterocycles. The van der Waals surface area contributed by atoms with Crippen LogP contribution in [0.2, 0.25) is 5.02 Å². The van der Waals surface area contributed by atoms with Crippen molar-refractivity contribution in [3.8, 4) is 5.75 Å². The Bertz CT molecular complexity index is 2800. The van der Waals surface area contributed by atoms with Crippen LogP contribution in [0.5, 0.6) is 5.75 Å². The highest BCUT2D eigenvalue weighted by atomic mass is 35.5. The van der Waals surface area contributed by atoms with Crippen LogP contribution in [0.25, 0.3) is 27.2 Å². The van der Waals surface area contributed by atoms with Crippen LogP contribution in [0.4, 0.5) is 4.39 Å². The molecule has 1 fully saturated rings. The van der Waals surface area contributed by atoms with Crippen LogP contribution in [0.1, 0.15) is 245 Å². The van der Waals surface area contributed by atoms with Crippen LogP contribution in [-0.2, 0) is 29.1 Å². The first kappa shape index (κ1) is 83.6. The number of thioether (sulfide) groups is 1. The summed E-state index contributed by atoms with van der Waals surface area (Å²) < 4.78 is 21.7. The van der Waals surface area contributed by atoms with Crippen molar-refractivity contribution in [3.63, 3.8) is 0 Å². The average Bonchev–Trinajstić information content (AvgIpc) is 1.69. The monoisotopic (exact) mass is 1240 g/mol. The maximum absolute atomic E-state index is 13.7. The van der Waals surface area contributed by atoms with Crippen molar-refractivity contribution in [2.24, 2.45) is 5.92 Å². The number of benzene rings is 4. The van der Waals surface area contributed by atoms with Crippen LogP contribution in [-0.4, -0.2) is 88.0 Å². The molecule has 13 heteroatoms. The van der Waals surface area contributed by atoms with Gasteiger partial charge in [0.15, 0.2) is 0 Å². The second kappa shape index (κ2) is 48.5. The minimum atomic E-state index is -0.957. The van der Waals surface area contributed by atoms with Crippen molar-refractivity contribution >= 4 is 74.3 Å². The molecule has 2 N–H and O–H groups in total. The van der Waals surface area contributed by atoms with E-state index < -0.39 is 12.0 Å². The van der Waals surface area contributed by atoms with Gasteiger partial charge in [-0.05, 0) is 169 Å². The average molecular weight is 1250 g/mol. The van der Waals surface area contributed by atoms with Gasteiger partial charge in [-0.15, -0.1) is 0 Å². The van der Waals surface area contributed by atoms with Gasteiger partial charge in [0.05, 0.1) is 17.1 Å². The van der Waals surface area contributed by atoms with E-state index in [1.54, 1.807) is 28.8 Å². The molecular weight excluding hydrogens is 1130 g/mol. The third kappa shape index (κ3) is 26.7. The molecule has 5 aromatic rings. The number of amides is 3. The molecule has 10 nitrogen and oxygen atoms in total. The van der Waals surface area contributed by atoms with Crippen molar-refractivity contribution in [1.29, 1.82) is 0 Å². The number of carbonyl (C=O) groups is 4. The number of imide groups is 1. The predicted octanol–water partition coefficient (Wildman–Crippen LogP) is 21.0. The Labute approximate surface area is 537 Å². The molecule has 3 amide bonds. The fraction of sp³-hybridized carbons (Fsp3) is 0.568. The van der Waals surface area contributed by atoms with Gasteiger partial charge in [-0.3, -0.25) is 19.7 Å². The number of ether oxygens (including phenoxy) is 1. The van der Waals surface area contributed by atoms with E-state index in [1.807, 2.05) is 136 Å². The fourth-order valence-corrected chi connectivity index (χ4v) is 10.8. The first-order valence-electron chi connectivity index (χ1n) is 33.0. The van der Waals surface area contributed by atoms with Crippen LogP contribution in [0.3, 0.4) is 0 Å². The highest BCUT2D eigenvalue weighted by molar-refractivity contribution is 7.97. The molecule has 2 aliphatic heterocycles. The molecular formula is C74H118ClFN4O6S. The Morgan fingerprint density at radius 2 is 1.41 bits per heavy atom. The second-order valence-corrected chi connectivity index (χ2v) is 22.1. The molecule has 490 valence electrons. The van der Waals surface area contributed by atoms with Crippen molar-refractivity contribution in [3.05, 3.63) is 129 Å². The Morgan fingerprint density at radius 1 is 0.828 bits per heavy atom. The molecule has 2 aliphatic rings. The Morgan fingerprint density at radius 3 is 1.93 bits per heavy atom. The summed E-state index contributed by atoms with van der Waals surface area (Å²) in [5, 5.41) is 15.8. The van der Waals surface area contributed by atoms with Crippen molar-refractivity contribution in [2.75, 3.05) is 38.8 Å². The Kier molecular flexibility index (Phi) is 46.6. The normalized spacial score (nSPS) is 13.0. The zero-order chi connectivity index (χ0) is 66.8. The number of carboxylic acid groups (broad SMARTS) is 1. The molecule has 7 rings (SSSR count). The number of rotatable bonds is 22. The Balaban J connectivity index is 0. The number of nitrogens with zero attached hydrogens (tertiary/aromatic N) is 3. The number of piperidine rings is 1. The summed E-state index contributed by atoms with van der Waals surface area (Å²) in [6.07, 6.45) is 16.9. The number of hydrogen-bond acceptors (Lipinski definition) is 7.